The van der Waals surface area contributed by atoms with Gasteiger partial charge in [0.2, 0.25) is 0 Å². The number of aryl methyl sites for hydroxylation is 1. The average Bonchev–Trinajstić information content (AvgIpc) is 3.05. The molecule has 1 N–H and O–H groups in total. The monoisotopic (exact) mass is 265 g/mol. The molecule has 3 heterocycles. The van der Waals surface area contributed by atoms with Gasteiger partial charge in [0.25, 0.3) is 0 Å². The molecule has 1 aromatic heterocycles. The Bertz CT molecular complexity index is 421. The highest BCUT2D eigenvalue weighted by molar-refractivity contribution is 5.01. The average molecular weight is 265 g/mol. The quantitative estimate of drug-likeness (QED) is 0.888. The first-order chi connectivity index (χ1) is 9.29. The summed E-state index contributed by atoms with van der Waals surface area (Å²) in [6.45, 7) is 5.73. The topological polar surface area (TPSA) is 50.5 Å². The van der Waals surface area contributed by atoms with Crippen LogP contribution >= 0.6 is 0 Å². The van der Waals surface area contributed by atoms with Crippen molar-refractivity contribution in [3.63, 3.8) is 0 Å². The first-order valence-electron chi connectivity index (χ1n) is 7.34. The van der Waals surface area contributed by atoms with E-state index in [2.05, 4.69) is 16.8 Å². The summed E-state index contributed by atoms with van der Waals surface area (Å²) in [5.74, 6) is 0.740. The van der Waals surface area contributed by atoms with Gasteiger partial charge in [0, 0.05) is 31.5 Å². The van der Waals surface area contributed by atoms with Crippen LogP contribution in [0.15, 0.2) is 12.4 Å². The molecule has 19 heavy (non-hydrogen) atoms. The van der Waals surface area contributed by atoms with Crippen LogP contribution < -0.4 is 0 Å². The third-order valence-electron chi connectivity index (χ3n) is 4.25. The Morgan fingerprint density at radius 2 is 2.47 bits per heavy atom. The van der Waals surface area contributed by atoms with Crippen molar-refractivity contribution >= 4 is 0 Å². The molecule has 2 saturated heterocycles. The first kappa shape index (κ1) is 13.1. The van der Waals surface area contributed by atoms with E-state index in [0.29, 0.717) is 6.04 Å². The molecule has 0 radical (unpaired) electrons. The van der Waals surface area contributed by atoms with E-state index >= 15 is 0 Å². The number of aliphatic hydroxyl groups excluding tert-OH is 1. The van der Waals surface area contributed by atoms with Crippen molar-refractivity contribution in [2.45, 2.75) is 51.0 Å². The summed E-state index contributed by atoms with van der Waals surface area (Å²) in [5, 5.41) is 10.5. The Kier molecular flexibility index (Phi) is 3.86. The highest BCUT2D eigenvalue weighted by atomic mass is 16.5. The Hall–Kier alpha value is -0.910. The van der Waals surface area contributed by atoms with E-state index < -0.39 is 6.10 Å². The van der Waals surface area contributed by atoms with E-state index in [9.17, 15) is 5.11 Å². The summed E-state index contributed by atoms with van der Waals surface area (Å²) < 4.78 is 7.90. The maximum absolute atomic E-state index is 10.5. The predicted octanol–water partition coefficient (Wildman–Crippen LogP) is 1.19. The fourth-order valence-corrected chi connectivity index (χ4v) is 3.22. The number of hydrogen-bond acceptors (Lipinski definition) is 4. The normalized spacial score (nSPS) is 29.4. The molecule has 2 aliphatic heterocycles. The van der Waals surface area contributed by atoms with Gasteiger partial charge in [0.05, 0.1) is 6.61 Å². The van der Waals surface area contributed by atoms with Crippen LogP contribution in [0.3, 0.4) is 0 Å². The fraction of sp³-hybridized carbons (Fsp3) is 0.786. The molecule has 5 heteroatoms. The zero-order valence-corrected chi connectivity index (χ0v) is 11.5. The maximum Gasteiger partial charge on any atom is 0.140 e. The lowest BCUT2D eigenvalue weighted by molar-refractivity contribution is -0.106. The van der Waals surface area contributed by atoms with Crippen LogP contribution in [0.5, 0.6) is 0 Å². The number of fused-ring (bicyclic) bond motifs is 1. The third kappa shape index (κ3) is 2.55. The molecule has 2 fully saturated rings. The summed E-state index contributed by atoms with van der Waals surface area (Å²) in [7, 11) is 0. The van der Waals surface area contributed by atoms with Crippen LogP contribution in [0.4, 0.5) is 0 Å². The van der Waals surface area contributed by atoms with Crippen LogP contribution in [-0.4, -0.2) is 51.4 Å². The highest BCUT2D eigenvalue weighted by Gasteiger charge is 2.36. The SMILES string of the molecule is CCCn1ccnc1C(O)C1CN2CCCC2CO1. The van der Waals surface area contributed by atoms with Gasteiger partial charge in [0.15, 0.2) is 0 Å². The number of aliphatic hydroxyl groups is 1. The zero-order chi connectivity index (χ0) is 13.2. The first-order valence-corrected chi connectivity index (χ1v) is 7.34. The van der Waals surface area contributed by atoms with Gasteiger partial charge >= 0.3 is 0 Å². The van der Waals surface area contributed by atoms with Crippen LogP contribution in [0.2, 0.25) is 0 Å². The van der Waals surface area contributed by atoms with Gasteiger partial charge in [-0.2, -0.15) is 0 Å². The number of ether oxygens (including phenoxy) is 1. The third-order valence-corrected chi connectivity index (χ3v) is 4.25. The second-order valence-corrected chi connectivity index (χ2v) is 5.59. The highest BCUT2D eigenvalue weighted by Crippen LogP contribution is 2.28. The Labute approximate surface area is 114 Å². The van der Waals surface area contributed by atoms with Crippen molar-refractivity contribution in [1.29, 1.82) is 0 Å². The van der Waals surface area contributed by atoms with Crippen molar-refractivity contribution in [3.8, 4) is 0 Å². The van der Waals surface area contributed by atoms with Crippen LogP contribution in [-0.2, 0) is 11.3 Å². The van der Waals surface area contributed by atoms with Crippen molar-refractivity contribution in [2.24, 2.45) is 0 Å². The number of imidazole rings is 1. The summed E-state index contributed by atoms with van der Waals surface area (Å²) in [6.07, 6.45) is 6.44. The second kappa shape index (κ2) is 5.61. The molecule has 3 unspecified atom stereocenters. The molecule has 0 saturated carbocycles. The van der Waals surface area contributed by atoms with Gasteiger partial charge < -0.3 is 14.4 Å². The second-order valence-electron chi connectivity index (χ2n) is 5.59. The lowest BCUT2D eigenvalue weighted by Crippen LogP contribution is -2.48. The molecular weight excluding hydrogens is 242 g/mol. The molecule has 0 aromatic carbocycles. The lowest BCUT2D eigenvalue weighted by Gasteiger charge is -2.37. The van der Waals surface area contributed by atoms with E-state index in [1.165, 1.54) is 12.8 Å². The van der Waals surface area contributed by atoms with E-state index in [1.807, 2.05) is 10.8 Å². The minimum atomic E-state index is -0.622. The molecule has 0 aliphatic carbocycles. The number of nitrogens with zero attached hydrogens (tertiary/aromatic N) is 3. The van der Waals surface area contributed by atoms with Crippen LogP contribution in [0.1, 0.15) is 38.1 Å². The Morgan fingerprint density at radius 1 is 1.58 bits per heavy atom. The number of aromatic nitrogens is 2. The minimum absolute atomic E-state index is 0.146. The Balaban J connectivity index is 1.69. The van der Waals surface area contributed by atoms with Gasteiger partial charge in [-0.15, -0.1) is 0 Å². The summed E-state index contributed by atoms with van der Waals surface area (Å²) in [5.41, 5.74) is 0. The van der Waals surface area contributed by atoms with Gasteiger partial charge in [-0.05, 0) is 25.8 Å². The molecule has 0 bridgehead atoms. The molecule has 5 nitrogen and oxygen atoms in total. The zero-order valence-electron chi connectivity index (χ0n) is 11.5. The van der Waals surface area contributed by atoms with Gasteiger partial charge in [0.1, 0.15) is 18.0 Å². The molecule has 0 spiro atoms. The Morgan fingerprint density at radius 3 is 3.32 bits per heavy atom. The minimum Gasteiger partial charge on any atom is -0.382 e. The number of rotatable bonds is 4. The molecule has 1 aromatic rings. The fourth-order valence-electron chi connectivity index (χ4n) is 3.22. The van der Waals surface area contributed by atoms with Crippen molar-refractivity contribution in [3.05, 3.63) is 18.2 Å². The molecule has 3 rings (SSSR count). The molecule has 3 atom stereocenters. The number of hydrogen-bond donors (Lipinski definition) is 1. The van der Waals surface area contributed by atoms with Crippen molar-refractivity contribution < 1.29 is 9.84 Å². The molecule has 2 aliphatic rings. The van der Waals surface area contributed by atoms with Gasteiger partial charge in [-0.1, -0.05) is 6.92 Å². The lowest BCUT2D eigenvalue weighted by atomic mass is 10.1. The number of morpholine rings is 1. The van der Waals surface area contributed by atoms with E-state index in [1.54, 1.807) is 6.20 Å². The summed E-state index contributed by atoms with van der Waals surface area (Å²) in [4.78, 5) is 6.76. The molecular formula is C14H23N3O2. The summed E-state index contributed by atoms with van der Waals surface area (Å²) in [6, 6.07) is 0.568. The molecule has 0 amide bonds. The predicted molar refractivity (Wildman–Crippen MR) is 71.8 cm³/mol. The van der Waals surface area contributed by atoms with Gasteiger partial charge in [-0.3, -0.25) is 4.90 Å². The van der Waals surface area contributed by atoms with Crippen LogP contribution in [0, 0.1) is 0 Å². The largest absolute Gasteiger partial charge is 0.382 e. The van der Waals surface area contributed by atoms with Gasteiger partial charge in [-0.25, -0.2) is 4.98 Å². The van der Waals surface area contributed by atoms with E-state index in [0.717, 1.165) is 38.5 Å². The van der Waals surface area contributed by atoms with Crippen molar-refractivity contribution in [2.75, 3.05) is 19.7 Å². The summed E-state index contributed by atoms with van der Waals surface area (Å²) >= 11 is 0. The van der Waals surface area contributed by atoms with Crippen LogP contribution in [0.25, 0.3) is 0 Å². The van der Waals surface area contributed by atoms with Crippen molar-refractivity contribution in [1.82, 2.24) is 14.5 Å². The van der Waals surface area contributed by atoms with E-state index in [-0.39, 0.29) is 6.10 Å². The maximum atomic E-state index is 10.5. The smallest absolute Gasteiger partial charge is 0.140 e. The molecule has 106 valence electrons. The standard InChI is InChI=1S/C14H23N3O2/c1-2-6-16-8-5-15-14(16)13(18)12-9-17-7-3-4-11(17)10-19-12/h5,8,11-13,18H,2-4,6-7,9-10H2,1H3. The van der Waals surface area contributed by atoms with E-state index in [4.69, 9.17) is 4.74 Å².